The molecule has 0 radical (unpaired) electrons. The molecule has 0 aliphatic carbocycles. The Balaban J connectivity index is 2.41. The zero-order chi connectivity index (χ0) is 23.5. The van der Waals surface area contributed by atoms with E-state index in [0.717, 1.165) is 0 Å². The molecule has 2 fully saturated rings. The number of nitriles is 4. The van der Waals surface area contributed by atoms with Crippen LogP contribution in [0.1, 0.15) is 25.3 Å². The summed E-state index contributed by atoms with van der Waals surface area (Å²) in [7, 11) is 1.80. The Kier molecular flexibility index (Phi) is 6.54. The zero-order valence-corrected chi connectivity index (χ0v) is 18.8. The minimum absolute atomic E-state index is 0.0241. The normalized spacial score (nSPS) is 28.2. The summed E-state index contributed by atoms with van der Waals surface area (Å²) in [5.74, 6) is -0.512. The lowest BCUT2D eigenvalue weighted by molar-refractivity contribution is 0.0700. The summed E-state index contributed by atoms with van der Waals surface area (Å²) in [5, 5.41) is 43.8. The minimum atomic E-state index is -1.40. The number of likely N-dealkylation sites (tertiary alicyclic amines) is 1. The lowest BCUT2D eigenvalue weighted by atomic mass is 9.52. The highest BCUT2D eigenvalue weighted by molar-refractivity contribution is 6.31. The number of fused-ring (bicyclic) bond motifs is 2. The maximum atomic E-state index is 10.5. The number of aliphatic imine (C=N–C) groups is 1. The van der Waals surface area contributed by atoms with Gasteiger partial charge in [0.1, 0.15) is 35.5 Å². The van der Waals surface area contributed by atoms with Crippen molar-refractivity contribution < 1.29 is 4.74 Å². The van der Waals surface area contributed by atoms with Crippen LogP contribution in [0.5, 0.6) is 0 Å². The molecule has 2 bridgehead atoms. The van der Waals surface area contributed by atoms with Crippen molar-refractivity contribution in [3.05, 3.63) is 46.1 Å². The first kappa shape index (κ1) is 23.3. The third-order valence-corrected chi connectivity index (χ3v) is 6.20. The molecule has 32 heavy (non-hydrogen) atoms. The van der Waals surface area contributed by atoms with E-state index < -0.39 is 16.7 Å². The van der Waals surface area contributed by atoms with Crippen LogP contribution in [0.2, 0.25) is 5.02 Å². The molecule has 0 saturated carbocycles. The van der Waals surface area contributed by atoms with Crippen molar-refractivity contribution >= 4 is 17.4 Å². The third-order valence-electron chi connectivity index (χ3n) is 5.86. The highest BCUT2D eigenvalue weighted by Crippen LogP contribution is 2.59. The Morgan fingerprint density at radius 2 is 1.81 bits per heavy atom. The van der Waals surface area contributed by atoms with Crippen molar-refractivity contribution in [3.8, 4) is 24.3 Å². The maximum absolute atomic E-state index is 10.5. The summed E-state index contributed by atoms with van der Waals surface area (Å²) >= 11 is 6.57. The second-order valence-corrected chi connectivity index (χ2v) is 8.65. The maximum Gasteiger partial charge on any atom is 0.150 e. The standard InChI is InChI=1S/C23H22ClN7O/c1-15(2)32-14-29-21-23(11-28)13-31(3)12-22(10-27,20(30-21)16(8-25)9-26)19(23)17-6-4-5-7-18(17)24/h4-7,15,19H,12-14H2,1-3H3,(H,29,30). The van der Waals surface area contributed by atoms with Gasteiger partial charge in [0.2, 0.25) is 0 Å². The van der Waals surface area contributed by atoms with Crippen molar-refractivity contribution in [3.63, 3.8) is 0 Å². The molecule has 0 aromatic heterocycles. The van der Waals surface area contributed by atoms with E-state index in [1.165, 1.54) is 0 Å². The molecule has 3 rings (SSSR count). The summed E-state index contributed by atoms with van der Waals surface area (Å²) in [6.45, 7) is 4.19. The van der Waals surface area contributed by atoms with E-state index in [-0.39, 0.29) is 43.0 Å². The second kappa shape index (κ2) is 8.99. The summed E-state index contributed by atoms with van der Waals surface area (Å²) in [4.78, 5) is 6.38. The van der Waals surface area contributed by atoms with Gasteiger partial charge in [-0.25, -0.2) is 4.99 Å². The van der Waals surface area contributed by atoms with Gasteiger partial charge in [-0.2, -0.15) is 21.0 Å². The highest BCUT2D eigenvalue weighted by atomic mass is 35.5. The predicted octanol–water partition coefficient (Wildman–Crippen LogP) is 3.07. The molecule has 1 aromatic carbocycles. The van der Waals surface area contributed by atoms with Crippen molar-refractivity contribution in [2.75, 3.05) is 26.9 Å². The highest BCUT2D eigenvalue weighted by Gasteiger charge is 2.65. The Hall–Kier alpha value is -3.40. The average Bonchev–Trinajstić information content (AvgIpc) is 2.77. The summed E-state index contributed by atoms with van der Waals surface area (Å²) in [6, 6.07) is 15.6. The molecular formula is C23H22ClN7O. The first-order valence-corrected chi connectivity index (χ1v) is 10.4. The fourth-order valence-electron chi connectivity index (χ4n) is 4.69. The number of nitrogens with one attached hydrogen (secondary N) is 1. The van der Waals surface area contributed by atoms with Crippen LogP contribution >= 0.6 is 11.6 Å². The summed E-state index contributed by atoms with van der Waals surface area (Å²) in [6.07, 6.45) is -0.0867. The summed E-state index contributed by atoms with van der Waals surface area (Å²) in [5.41, 5.74) is -2.18. The van der Waals surface area contributed by atoms with E-state index in [1.54, 1.807) is 31.3 Å². The predicted molar refractivity (Wildman–Crippen MR) is 118 cm³/mol. The third kappa shape index (κ3) is 3.60. The van der Waals surface area contributed by atoms with Crippen molar-refractivity contribution in [2.45, 2.75) is 25.9 Å². The van der Waals surface area contributed by atoms with E-state index in [0.29, 0.717) is 10.6 Å². The lowest BCUT2D eigenvalue weighted by Crippen LogP contribution is -2.67. The van der Waals surface area contributed by atoms with Gasteiger partial charge in [-0.3, -0.25) is 0 Å². The Bertz CT molecular complexity index is 1130. The molecule has 0 spiro atoms. The molecule has 3 unspecified atom stereocenters. The SMILES string of the molecule is CC(C)OC/N=C1/NC(=C(C#N)C#N)C2(C#N)CN(C)CC1(C#N)C2c1ccccc1Cl. The smallest absolute Gasteiger partial charge is 0.150 e. The monoisotopic (exact) mass is 447 g/mol. The molecule has 3 atom stereocenters. The van der Waals surface area contributed by atoms with Gasteiger partial charge < -0.3 is 15.0 Å². The number of hydrogen-bond acceptors (Lipinski definition) is 7. The molecule has 0 amide bonds. The first-order chi connectivity index (χ1) is 15.3. The fraction of sp³-hybridized carbons (Fsp3) is 0.435. The van der Waals surface area contributed by atoms with Crippen molar-refractivity contribution in [1.29, 1.82) is 21.0 Å². The summed E-state index contributed by atoms with van der Waals surface area (Å²) < 4.78 is 5.58. The lowest BCUT2D eigenvalue weighted by Gasteiger charge is -2.56. The topological polar surface area (TPSA) is 132 Å². The number of ether oxygens (including phenoxy) is 1. The van der Waals surface area contributed by atoms with Crippen LogP contribution in [0, 0.1) is 56.2 Å². The number of halogens is 1. The van der Waals surface area contributed by atoms with Gasteiger partial charge in [0.25, 0.3) is 0 Å². The van der Waals surface area contributed by atoms with E-state index in [9.17, 15) is 21.0 Å². The molecule has 162 valence electrons. The molecule has 2 saturated heterocycles. The molecule has 1 aromatic rings. The van der Waals surface area contributed by atoms with Crippen LogP contribution < -0.4 is 5.32 Å². The van der Waals surface area contributed by atoms with E-state index in [4.69, 9.17) is 16.3 Å². The van der Waals surface area contributed by atoms with Crippen LogP contribution in [-0.2, 0) is 4.74 Å². The van der Waals surface area contributed by atoms with E-state index in [1.807, 2.05) is 30.9 Å². The van der Waals surface area contributed by atoms with Crippen LogP contribution in [0.25, 0.3) is 0 Å². The molecule has 8 nitrogen and oxygen atoms in total. The molecule has 9 heteroatoms. The second-order valence-electron chi connectivity index (χ2n) is 8.24. The molecule has 2 heterocycles. The number of benzene rings is 1. The molecule has 2 aliphatic heterocycles. The van der Waals surface area contributed by atoms with Crippen LogP contribution in [0.15, 0.2) is 40.5 Å². The molecule has 1 N–H and O–H groups in total. The van der Waals surface area contributed by atoms with Crippen molar-refractivity contribution in [1.82, 2.24) is 10.2 Å². The number of rotatable bonds is 4. The quantitative estimate of drug-likeness (QED) is 0.701. The van der Waals surface area contributed by atoms with Gasteiger partial charge in [0.15, 0.2) is 5.57 Å². The zero-order valence-electron chi connectivity index (χ0n) is 18.1. The Morgan fingerprint density at radius 3 is 2.38 bits per heavy atom. The van der Waals surface area contributed by atoms with E-state index >= 15 is 0 Å². The molecule has 2 aliphatic rings. The van der Waals surface area contributed by atoms with Gasteiger partial charge in [0, 0.05) is 24.0 Å². The van der Waals surface area contributed by atoms with E-state index in [2.05, 4.69) is 22.4 Å². The minimum Gasteiger partial charge on any atom is -0.357 e. The number of hydrogen-bond donors (Lipinski definition) is 1. The van der Waals surface area contributed by atoms with Crippen LogP contribution in [0.3, 0.4) is 0 Å². The Morgan fingerprint density at radius 1 is 1.19 bits per heavy atom. The first-order valence-electron chi connectivity index (χ1n) is 10.0. The van der Waals surface area contributed by atoms with Crippen molar-refractivity contribution in [2.24, 2.45) is 15.8 Å². The Labute approximate surface area is 192 Å². The van der Waals surface area contributed by atoms with Gasteiger partial charge in [-0.05, 0) is 32.5 Å². The van der Waals surface area contributed by atoms with Crippen LogP contribution in [0.4, 0.5) is 0 Å². The average molecular weight is 448 g/mol. The van der Waals surface area contributed by atoms with Gasteiger partial charge in [-0.1, -0.05) is 29.8 Å². The van der Waals surface area contributed by atoms with Gasteiger partial charge in [-0.15, -0.1) is 0 Å². The van der Waals surface area contributed by atoms with Gasteiger partial charge >= 0.3 is 0 Å². The largest absolute Gasteiger partial charge is 0.357 e. The van der Waals surface area contributed by atoms with Gasteiger partial charge in [0.05, 0.1) is 23.9 Å². The molecular weight excluding hydrogens is 426 g/mol. The van der Waals surface area contributed by atoms with Crippen LogP contribution in [-0.4, -0.2) is 43.7 Å². The fourth-order valence-corrected chi connectivity index (χ4v) is 4.93. The number of allylic oxidation sites excluding steroid dienone is 1. The number of nitrogens with zero attached hydrogens (tertiary/aromatic N) is 6. The number of piperidine rings is 2. The number of amidine groups is 1.